The number of aliphatic carboxylic acids is 1. The Morgan fingerprint density at radius 3 is 2.41 bits per heavy atom. The largest absolute Gasteiger partial charge is 0.491 e. The van der Waals surface area contributed by atoms with E-state index in [1.165, 1.54) is 0 Å². The van der Waals surface area contributed by atoms with Gasteiger partial charge in [0.1, 0.15) is 30.5 Å². The van der Waals surface area contributed by atoms with Gasteiger partial charge in [0, 0.05) is 0 Å². The number of nitrogens with one attached hydrogen (secondary N) is 1. The fraction of sp³-hybridized carbons (Fsp3) is 0.500. The van der Waals surface area contributed by atoms with Crippen LogP contribution in [0.4, 0.5) is 4.79 Å². The van der Waals surface area contributed by atoms with Gasteiger partial charge >= 0.3 is 12.0 Å². The molecule has 1 heterocycles. The molecular weight excluding hydrogens is 356 g/mol. The Hall–Kier alpha value is -2.65. The maximum absolute atomic E-state index is 12.7. The zero-order chi connectivity index (χ0) is 20.1. The number of amides is 3. The summed E-state index contributed by atoms with van der Waals surface area (Å²) in [5, 5.41) is 30.0. The lowest BCUT2D eigenvalue weighted by Gasteiger charge is -2.23. The average molecular weight is 380 g/mol. The molecule has 1 aliphatic heterocycles. The van der Waals surface area contributed by atoms with E-state index in [1.807, 2.05) is 13.8 Å². The van der Waals surface area contributed by atoms with Crippen molar-refractivity contribution < 1.29 is 34.4 Å². The van der Waals surface area contributed by atoms with E-state index in [0.29, 0.717) is 11.3 Å². The lowest BCUT2D eigenvalue weighted by molar-refractivity contribution is -0.147. The molecule has 1 aromatic carbocycles. The van der Waals surface area contributed by atoms with Crippen LogP contribution in [0.1, 0.15) is 31.9 Å². The summed E-state index contributed by atoms with van der Waals surface area (Å²) in [5.74, 6) is -1.42. The molecule has 1 saturated heterocycles. The van der Waals surface area contributed by atoms with E-state index in [9.17, 15) is 24.6 Å². The van der Waals surface area contributed by atoms with Crippen molar-refractivity contribution in [3.8, 4) is 5.75 Å². The van der Waals surface area contributed by atoms with Crippen molar-refractivity contribution in [1.29, 1.82) is 0 Å². The highest BCUT2D eigenvalue weighted by Gasteiger charge is 2.45. The van der Waals surface area contributed by atoms with Crippen molar-refractivity contribution in [2.45, 2.75) is 38.5 Å². The summed E-state index contributed by atoms with van der Waals surface area (Å²) in [6.45, 7) is 3.13. The zero-order valence-electron chi connectivity index (χ0n) is 15.2. The number of nitrogens with zero attached hydrogens (tertiary/aromatic N) is 1. The lowest BCUT2D eigenvalue weighted by Crippen LogP contribution is -2.46. The van der Waals surface area contributed by atoms with Gasteiger partial charge < -0.3 is 25.4 Å². The molecule has 0 aromatic heterocycles. The number of urea groups is 1. The van der Waals surface area contributed by atoms with Crippen LogP contribution in [0.25, 0.3) is 0 Å². The summed E-state index contributed by atoms with van der Waals surface area (Å²) in [6.07, 6.45) is -0.830. The number of hydrogen-bond acceptors (Lipinski definition) is 6. The van der Waals surface area contributed by atoms with Crippen LogP contribution in [0.3, 0.4) is 0 Å². The van der Waals surface area contributed by atoms with Gasteiger partial charge in [-0.15, -0.1) is 0 Å². The van der Waals surface area contributed by atoms with Crippen LogP contribution in [-0.4, -0.2) is 63.5 Å². The van der Waals surface area contributed by atoms with E-state index < -0.39 is 42.7 Å². The van der Waals surface area contributed by atoms with Gasteiger partial charge in [-0.3, -0.25) is 4.79 Å². The highest BCUT2D eigenvalue weighted by Crippen LogP contribution is 2.27. The number of hydrogen-bond donors (Lipinski definition) is 4. The molecule has 1 aliphatic rings. The predicted octanol–water partition coefficient (Wildman–Crippen LogP) is 0.511. The number of carboxylic acids is 1. The third-order valence-electron chi connectivity index (χ3n) is 4.13. The number of rotatable bonds is 9. The second-order valence-electron chi connectivity index (χ2n) is 6.79. The predicted molar refractivity (Wildman–Crippen MR) is 94.0 cm³/mol. The lowest BCUT2D eigenvalue weighted by atomic mass is 10.0. The number of imide groups is 1. The van der Waals surface area contributed by atoms with Crippen molar-refractivity contribution in [1.82, 2.24) is 10.2 Å². The van der Waals surface area contributed by atoms with Gasteiger partial charge in [0.15, 0.2) is 0 Å². The molecule has 1 aromatic rings. The first-order chi connectivity index (χ1) is 12.7. The standard InChI is InChI=1S/C18H24N2O7/c1-10(2)7-14(17(24)25)20-16(23)15(19-18(20)26)11-3-5-13(6-4-11)27-9-12(22)8-21/h3-6,10,12,14-15,21-22H,7-9H2,1-2H3,(H,19,26)(H,24,25)/t12-,14+,15-/m1/s1. The highest BCUT2D eigenvalue weighted by atomic mass is 16.5. The van der Waals surface area contributed by atoms with E-state index in [4.69, 9.17) is 9.84 Å². The molecule has 0 saturated carbocycles. The summed E-state index contributed by atoms with van der Waals surface area (Å²) in [4.78, 5) is 37.2. The van der Waals surface area contributed by atoms with Gasteiger partial charge in [-0.1, -0.05) is 26.0 Å². The Morgan fingerprint density at radius 1 is 1.26 bits per heavy atom. The summed E-state index contributed by atoms with van der Waals surface area (Å²) >= 11 is 0. The normalized spacial score (nSPS) is 19.1. The smallest absolute Gasteiger partial charge is 0.327 e. The fourth-order valence-electron chi connectivity index (χ4n) is 2.78. The van der Waals surface area contributed by atoms with E-state index in [2.05, 4.69) is 5.32 Å². The molecule has 0 unspecified atom stereocenters. The number of carboxylic acid groups (broad SMARTS) is 1. The number of carbonyl (C=O) groups excluding carboxylic acids is 2. The first kappa shape index (κ1) is 20.7. The second-order valence-corrected chi connectivity index (χ2v) is 6.79. The van der Waals surface area contributed by atoms with Crippen LogP contribution in [0.5, 0.6) is 5.75 Å². The molecule has 4 N–H and O–H groups in total. The number of aliphatic hydroxyl groups is 2. The molecule has 9 heteroatoms. The minimum absolute atomic E-state index is 0.00328. The molecule has 0 bridgehead atoms. The fourth-order valence-corrected chi connectivity index (χ4v) is 2.78. The van der Waals surface area contributed by atoms with Gasteiger partial charge in [0.05, 0.1) is 6.61 Å². The van der Waals surface area contributed by atoms with Crippen LogP contribution in [0.2, 0.25) is 0 Å². The third kappa shape index (κ3) is 4.95. The Kier molecular flexibility index (Phi) is 6.75. The summed E-state index contributed by atoms with van der Waals surface area (Å²) in [6, 6.07) is 3.35. The van der Waals surface area contributed by atoms with E-state index >= 15 is 0 Å². The minimum Gasteiger partial charge on any atom is -0.491 e. The van der Waals surface area contributed by atoms with Gasteiger partial charge in [-0.25, -0.2) is 14.5 Å². The molecule has 9 nitrogen and oxygen atoms in total. The maximum Gasteiger partial charge on any atom is 0.327 e. The van der Waals surface area contributed by atoms with Gasteiger partial charge in [-0.2, -0.15) is 0 Å². The quantitative estimate of drug-likeness (QED) is 0.458. The zero-order valence-corrected chi connectivity index (χ0v) is 15.2. The number of ether oxygens (including phenoxy) is 1. The molecule has 2 rings (SSSR count). The number of aliphatic hydroxyl groups excluding tert-OH is 2. The molecule has 0 radical (unpaired) electrons. The van der Waals surface area contributed by atoms with Crippen LogP contribution in [0, 0.1) is 5.92 Å². The molecular formula is C18H24N2O7. The Balaban J connectivity index is 2.12. The summed E-state index contributed by atoms with van der Waals surface area (Å²) in [7, 11) is 0. The van der Waals surface area contributed by atoms with Gasteiger partial charge in [0.25, 0.3) is 5.91 Å². The third-order valence-corrected chi connectivity index (χ3v) is 4.13. The number of carbonyl (C=O) groups is 3. The van der Waals surface area contributed by atoms with E-state index in [1.54, 1.807) is 24.3 Å². The van der Waals surface area contributed by atoms with Crippen LogP contribution >= 0.6 is 0 Å². The highest BCUT2D eigenvalue weighted by molar-refractivity contribution is 6.07. The van der Waals surface area contributed by atoms with Crippen LogP contribution in [0.15, 0.2) is 24.3 Å². The van der Waals surface area contributed by atoms with E-state index in [0.717, 1.165) is 4.90 Å². The van der Waals surface area contributed by atoms with Crippen molar-refractivity contribution in [3.63, 3.8) is 0 Å². The first-order valence-corrected chi connectivity index (χ1v) is 8.62. The maximum atomic E-state index is 12.7. The SMILES string of the molecule is CC(C)C[C@@H](C(=O)O)N1C(=O)N[C@H](c2ccc(OC[C@H](O)CO)cc2)C1=O. The van der Waals surface area contributed by atoms with Gasteiger partial charge in [0.2, 0.25) is 0 Å². The van der Waals surface area contributed by atoms with E-state index in [-0.39, 0.29) is 18.9 Å². The van der Waals surface area contributed by atoms with Crippen molar-refractivity contribution in [3.05, 3.63) is 29.8 Å². The van der Waals surface area contributed by atoms with Crippen molar-refractivity contribution >= 4 is 17.9 Å². The van der Waals surface area contributed by atoms with Gasteiger partial charge in [-0.05, 0) is 30.0 Å². The van der Waals surface area contributed by atoms with Crippen molar-refractivity contribution in [2.24, 2.45) is 5.92 Å². The molecule has 3 atom stereocenters. The first-order valence-electron chi connectivity index (χ1n) is 8.62. The summed E-state index contributed by atoms with van der Waals surface area (Å²) in [5.41, 5.74) is 0.486. The Bertz CT molecular complexity index is 689. The molecule has 1 fully saturated rings. The number of benzene rings is 1. The molecule has 0 aliphatic carbocycles. The average Bonchev–Trinajstić information content (AvgIpc) is 2.92. The molecule has 27 heavy (non-hydrogen) atoms. The Labute approximate surface area is 156 Å². The minimum atomic E-state index is -1.22. The topological polar surface area (TPSA) is 136 Å². The molecule has 0 spiro atoms. The Morgan fingerprint density at radius 2 is 1.89 bits per heavy atom. The van der Waals surface area contributed by atoms with Crippen LogP contribution < -0.4 is 10.1 Å². The monoisotopic (exact) mass is 380 g/mol. The second kappa shape index (κ2) is 8.83. The summed E-state index contributed by atoms with van der Waals surface area (Å²) < 4.78 is 5.29. The van der Waals surface area contributed by atoms with Crippen LogP contribution in [-0.2, 0) is 9.59 Å². The molecule has 3 amide bonds. The molecule has 148 valence electrons. The van der Waals surface area contributed by atoms with Crippen molar-refractivity contribution in [2.75, 3.05) is 13.2 Å².